The van der Waals surface area contributed by atoms with Crippen LogP contribution < -0.4 is 4.74 Å². The molecule has 0 spiro atoms. The molecule has 1 fully saturated rings. The highest BCUT2D eigenvalue weighted by Gasteiger charge is 2.18. The predicted molar refractivity (Wildman–Crippen MR) is 123 cm³/mol. The molecule has 5 rings (SSSR count). The van der Waals surface area contributed by atoms with Gasteiger partial charge in [0.25, 0.3) is 0 Å². The lowest BCUT2D eigenvalue weighted by Gasteiger charge is -2.34. The molecular formula is C25H26N2O2S. The molecule has 0 aliphatic carbocycles. The molecule has 1 aliphatic heterocycles. The maximum Gasteiger partial charge on any atom is 0.134 e. The third kappa shape index (κ3) is 4.29. The Morgan fingerprint density at radius 1 is 0.867 bits per heavy atom. The molecule has 4 nitrogen and oxygen atoms in total. The number of thiophene rings is 1. The number of hydrogen-bond acceptors (Lipinski definition) is 5. The Bertz CT molecular complexity index is 1090. The summed E-state index contributed by atoms with van der Waals surface area (Å²) in [7, 11) is 1.71. The van der Waals surface area contributed by atoms with E-state index in [0.717, 1.165) is 56.4 Å². The summed E-state index contributed by atoms with van der Waals surface area (Å²) in [6, 6.07) is 19.2. The van der Waals surface area contributed by atoms with Crippen molar-refractivity contribution in [1.29, 1.82) is 0 Å². The van der Waals surface area contributed by atoms with Crippen molar-refractivity contribution >= 4 is 22.3 Å². The summed E-state index contributed by atoms with van der Waals surface area (Å²) < 4.78 is 11.4. The van der Waals surface area contributed by atoms with Gasteiger partial charge in [0.2, 0.25) is 0 Å². The van der Waals surface area contributed by atoms with Crippen molar-refractivity contribution in [3.05, 3.63) is 76.7 Å². The smallest absolute Gasteiger partial charge is 0.134 e. The van der Waals surface area contributed by atoms with Gasteiger partial charge in [-0.1, -0.05) is 18.2 Å². The van der Waals surface area contributed by atoms with Gasteiger partial charge >= 0.3 is 0 Å². The number of rotatable bonds is 6. The van der Waals surface area contributed by atoms with Crippen LogP contribution >= 0.6 is 11.3 Å². The van der Waals surface area contributed by atoms with Crippen LogP contribution in [0.5, 0.6) is 5.75 Å². The average molecular weight is 419 g/mol. The minimum absolute atomic E-state index is 0.874. The fourth-order valence-electron chi connectivity index (χ4n) is 4.10. The van der Waals surface area contributed by atoms with E-state index in [0.29, 0.717) is 0 Å². The van der Waals surface area contributed by atoms with Crippen LogP contribution in [0.2, 0.25) is 0 Å². The van der Waals surface area contributed by atoms with Gasteiger partial charge in [0.1, 0.15) is 17.1 Å². The largest absolute Gasteiger partial charge is 0.497 e. The van der Waals surface area contributed by atoms with Crippen LogP contribution in [-0.2, 0) is 13.1 Å². The van der Waals surface area contributed by atoms with Gasteiger partial charge in [-0.25, -0.2) is 0 Å². The summed E-state index contributed by atoms with van der Waals surface area (Å²) in [5, 5.41) is 5.49. The normalized spacial score (nSPS) is 15.6. The van der Waals surface area contributed by atoms with Gasteiger partial charge in [-0.15, -0.1) is 0 Å². The summed E-state index contributed by atoms with van der Waals surface area (Å²) >= 11 is 1.73. The Balaban J connectivity index is 1.18. The Morgan fingerprint density at radius 2 is 1.63 bits per heavy atom. The number of hydrogen-bond donors (Lipinski definition) is 0. The first kappa shape index (κ1) is 19.4. The standard InChI is InChI=1S/C25H26N2O2S/c1-28-23-5-2-19(3-6-23)16-26-9-11-27(12-10-26)17-24-15-22-14-20(4-7-25(22)29-24)21-8-13-30-18-21/h2-8,13-15,18H,9-12,16-17H2,1H3. The van der Waals surface area contributed by atoms with E-state index in [1.165, 1.54) is 22.1 Å². The summed E-state index contributed by atoms with van der Waals surface area (Å²) in [5.41, 5.74) is 4.84. The quantitative estimate of drug-likeness (QED) is 0.414. The first-order valence-corrected chi connectivity index (χ1v) is 11.3. The van der Waals surface area contributed by atoms with E-state index >= 15 is 0 Å². The van der Waals surface area contributed by atoms with E-state index in [9.17, 15) is 0 Å². The molecule has 0 unspecified atom stereocenters. The minimum Gasteiger partial charge on any atom is -0.497 e. The zero-order valence-electron chi connectivity index (χ0n) is 17.2. The van der Waals surface area contributed by atoms with Crippen LogP contribution in [0.3, 0.4) is 0 Å². The van der Waals surface area contributed by atoms with Gasteiger partial charge in [0, 0.05) is 38.1 Å². The fourth-order valence-corrected chi connectivity index (χ4v) is 4.76. The maximum atomic E-state index is 6.12. The van der Waals surface area contributed by atoms with Gasteiger partial charge in [-0.3, -0.25) is 9.80 Å². The van der Waals surface area contributed by atoms with E-state index in [1.807, 2.05) is 12.1 Å². The van der Waals surface area contributed by atoms with E-state index < -0.39 is 0 Å². The molecule has 1 saturated heterocycles. The third-order valence-corrected chi connectivity index (χ3v) is 6.51. The molecule has 154 valence electrons. The van der Waals surface area contributed by atoms with E-state index in [4.69, 9.17) is 9.15 Å². The first-order chi connectivity index (χ1) is 14.8. The lowest BCUT2D eigenvalue weighted by Crippen LogP contribution is -2.45. The highest BCUT2D eigenvalue weighted by atomic mass is 32.1. The lowest BCUT2D eigenvalue weighted by molar-refractivity contribution is 0.116. The summed E-state index contributed by atoms with van der Waals surface area (Å²) in [4.78, 5) is 5.01. The van der Waals surface area contributed by atoms with Crippen LogP contribution in [-0.4, -0.2) is 43.1 Å². The van der Waals surface area contributed by atoms with Crippen LogP contribution in [0.4, 0.5) is 0 Å². The monoisotopic (exact) mass is 418 g/mol. The summed E-state index contributed by atoms with van der Waals surface area (Å²) in [6.45, 7) is 6.15. The molecule has 1 aliphatic rings. The van der Waals surface area contributed by atoms with Gasteiger partial charge < -0.3 is 9.15 Å². The summed E-state index contributed by atoms with van der Waals surface area (Å²) in [5.74, 6) is 1.97. The molecule has 0 bridgehead atoms. The van der Waals surface area contributed by atoms with Crippen LogP contribution in [0.1, 0.15) is 11.3 Å². The molecule has 2 aromatic carbocycles. The SMILES string of the molecule is COc1ccc(CN2CCN(Cc3cc4cc(-c5ccsc5)ccc4o3)CC2)cc1. The topological polar surface area (TPSA) is 28.9 Å². The Hall–Kier alpha value is -2.60. The van der Waals surface area contributed by atoms with Crippen molar-refractivity contribution in [2.24, 2.45) is 0 Å². The van der Waals surface area contributed by atoms with Crippen molar-refractivity contribution in [3.63, 3.8) is 0 Å². The number of furan rings is 1. The molecule has 5 heteroatoms. The molecular weight excluding hydrogens is 392 g/mol. The molecule has 2 aromatic heterocycles. The number of benzene rings is 2. The van der Waals surface area contributed by atoms with Gasteiger partial charge in [-0.05, 0) is 63.8 Å². The van der Waals surface area contributed by atoms with Crippen molar-refractivity contribution in [2.45, 2.75) is 13.1 Å². The van der Waals surface area contributed by atoms with Crippen LogP contribution in [0.25, 0.3) is 22.1 Å². The summed E-state index contributed by atoms with van der Waals surface area (Å²) in [6.07, 6.45) is 0. The number of piperazine rings is 1. The molecule has 0 amide bonds. The van der Waals surface area contributed by atoms with Crippen molar-refractivity contribution in [2.75, 3.05) is 33.3 Å². The predicted octanol–water partition coefficient (Wildman–Crippen LogP) is 5.49. The number of nitrogens with zero attached hydrogens (tertiary/aromatic N) is 2. The van der Waals surface area contributed by atoms with Crippen molar-refractivity contribution < 1.29 is 9.15 Å². The molecule has 0 saturated carbocycles. The van der Waals surface area contributed by atoms with Crippen LogP contribution in [0, 0.1) is 0 Å². The Kier molecular flexibility index (Phi) is 5.58. The first-order valence-electron chi connectivity index (χ1n) is 10.4. The molecule has 4 aromatic rings. The Labute approximate surface area is 181 Å². The third-order valence-electron chi connectivity index (χ3n) is 5.83. The fraction of sp³-hybridized carbons (Fsp3) is 0.280. The highest BCUT2D eigenvalue weighted by molar-refractivity contribution is 7.08. The maximum absolute atomic E-state index is 6.12. The second-order valence-corrected chi connectivity index (χ2v) is 8.66. The zero-order valence-corrected chi connectivity index (χ0v) is 18.0. The van der Waals surface area contributed by atoms with E-state index in [-0.39, 0.29) is 0 Å². The second-order valence-electron chi connectivity index (χ2n) is 7.88. The molecule has 3 heterocycles. The molecule has 30 heavy (non-hydrogen) atoms. The molecule has 0 N–H and O–H groups in total. The van der Waals surface area contributed by atoms with Crippen molar-refractivity contribution in [1.82, 2.24) is 9.80 Å². The van der Waals surface area contributed by atoms with E-state index in [2.05, 4.69) is 63.0 Å². The average Bonchev–Trinajstić information content (AvgIpc) is 3.45. The minimum atomic E-state index is 0.874. The number of fused-ring (bicyclic) bond motifs is 1. The molecule has 0 radical (unpaired) electrons. The number of methoxy groups -OCH3 is 1. The Morgan fingerprint density at radius 3 is 2.33 bits per heavy atom. The van der Waals surface area contributed by atoms with Crippen LogP contribution in [0.15, 0.2) is 69.8 Å². The lowest BCUT2D eigenvalue weighted by atomic mass is 10.1. The van der Waals surface area contributed by atoms with E-state index in [1.54, 1.807) is 18.4 Å². The molecule has 0 atom stereocenters. The van der Waals surface area contributed by atoms with Gasteiger partial charge in [0.15, 0.2) is 0 Å². The second kappa shape index (κ2) is 8.64. The highest BCUT2D eigenvalue weighted by Crippen LogP contribution is 2.28. The van der Waals surface area contributed by atoms with Gasteiger partial charge in [-0.2, -0.15) is 11.3 Å². The zero-order chi connectivity index (χ0) is 20.3. The number of ether oxygens (including phenoxy) is 1. The van der Waals surface area contributed by atoms with Crippen molar-refractivity contribution in [3.8, 4) is 16.9 Å². The van der Waals surface area contributed by atoms with Gasteiger partial charge in [0.05, 0.1) is 13.7 Å².